The number of aromatic nitrogens is 4. The van der Waals surface area contributed by atoms with Gasteiger partial charge in [0.15, 0.2) is 11.6 Å². The van der Waals surface area contributed by atoms with Gasteiger partial charge in [-0.25, -0.2) is 13.1 Å². The molecule has 0 atom stereocenters. The lowest BCUT2D eigenvalue weighted by atomic mass is 10.3. The molecule has 0 aromatic carbocycles. The summed E-state index contributed by atoms with van der Waals surface area (Å²) < 4.78 is 25.7. The second-order valence-electron chi connectivity index (χ2n) is 6.98. The molecular weight excluding hydrogens is 382 g/mol. The van der Waals surface area contributed by atoms with Gasteiger partial charge in [-0.15, -0.1) is 10.2 Å². The number of nitrogens with zero attached hydrogens (tertiary/aromatic N) is 7. The van der Waals surface area contributed by atoms with Crippen molar-refractivity contribution in [3.05, 3.63) is 29.6 Å². The van der Waals surface area contributed by atoms with E-state index in [1.54, 1.807) is 9.58 Å². The number of amides is 1. The third-order valence-corrected chi connectivity index (χ3v) is 6.00. The third kappa shape index (κ3) is 4.47. The highest BCUT2D eigenvalue weighted by atomic mass is 32.2. The molecule has 0 N–H and O–H groups in total. The van der Waals surface area contributed by atoms with Crippen LogP contribution in [-0.4, -0.2) is 89.5 Å². The molecular formula is C17H25N7O3S. The van der Waals surface area contributed by atoms with Crippen molar-refractivity contribution in [2.24, 2.45) is 0 Å². The van der Waals surface area contributed by atoms with Gasteiger partial charge >= 0.3 is 0 Å². The molecule has 0 bridgehead atoms. The van der Waals surface area contributed by atoms with E-state index < -0.39 is 10.0 Å². The number of aryl methyl sites for hydroxylation is 2. The number of rotatable bonds is 5. The van der Waals surface area contributed by atoms with Crippen LogP contribution in [0.25, 0.3) is 5.82 Å². The summed E-state index contributed by atoms with van der Waals surface area (Å²) in [5.41, 5.74) is 1.91. The van der Waals surface area contributed by atoms with E-state index in [1.165, 1.54) is 7.05 Å². The first-order chi connectivity index (χ1) is 13.1. The summed E-state index contributed by atoms with van der Waals surface area (Å²) in [5.74, 6) is 1.20. The number of sulfonamides is 1. The Morgan fingerprint density at radius 3 is 2.21 bits per heavy atom. The van der Waals surface area contributed by atoms with E-state index in [0.29, 0.717) is 32.0 Å². The summed E-state index contributed by atoms with van der Waals surface area (Å²) in [6, 6.07) is 5.75. The van der Waals surface area contributed by atoms with Gasteiger partial charge in [-0.2, -0.15) is 9.40 Å². The molecule has 1 fully saturated rings. The van der Waals surface area contributed by atoms with Crippen molar-refractivity contribution >= 4 is 21.7 Å². The zero-order valence-electron chi connectivity index (χ0n) is 16.5. The summed E-state index contributed by atoms with van der Waals surface area (Å²) >= 11 is 0. The van der Waals surface area contributed by atoms with Crippen LogP contribution in [0.1, 0.15) is 11.4 Å². The van der Waals surface area contributed by atoms with Crippen LogP contribution in [0.15, 0.2) is 18.2 Å². The van der Waals surface area contributed by atoms with Crippen LogP contribution >= 0.6 is 0 Å². The first-order valence-corrected chi connectivity index (χ1v) is 10.8. The van der Waals surface area contributed by atoms with E-state index in [1.807, 2.05) is 32.0 Å². The Morgan fingerprint density at radius 2 is 1.71 bits per heavy atom. The van der Waals surface area contributed by atoms with Crippen molar-refractivity contribution < 1.29 is 13.2 Å². The number of piperazine rings is 1. The molecule has 2 aromatic heterocycles. The molecule has 0 radical (unpaired) electrons. The maximum Gasteiger partial charge on any atom is 0.238 e. The van der Waals surface area contributed by atoms with Crippen LogP contribution in [0, 0.1) is 13.8 Å². The Bertz CT molecular complexity index is 948. The van der Waals surface area contributed by atoms with Crippen LogP contribution in [-0.2, 0) is 14.8 Å². The largest absolute Gasteiger partial charge is 0.352 e. The molecule has 1 aliphatic heterocycles. The molecule has 1 saturated heterocycles. The summed E-state index contributed by atoms with van der Waals surface area (Å²) in [5, 5.41) is 13.0. The Morgan fingerprint density at radius 1 is 1.11 bits per heavy atom. The van der Waals surface area contributed by atoms with Crippen molar-refractivity contribution in [1.82, 2.24) is 29.2 Å². The number of hydrogen-bond acceptors (Lipinski definition) is 7. The van der Waals surface area contributed by atoms with E-state index in [4.69, 9.17) is 0 Å². The van der Waals surface area contributed by atoms with Gasteiger partial charge < -0.3 is 9.80 Å². The normalized spacial score (nSPS) is 15.3. The first kappa shape index (κ1) is 20.2. The summed E-state index contributed by atoms with van der Waals surface area (Å²) in [4.78, 5) is 16.0. The molecule has 28 heavy (non-hydrogen) atoms. The minimum atomic E-state index is -3.37. The molecule has 152 valence electrons. The zero-order valence-corrected chi connectivity index (χ0v) is 17.3. The SMILES string of the molecule is Cc1cc(C)n(-c2ccc(N3CCN(C(=O)CN(C)S(C)(=O)=O)CC3)nn2)n1. The molecule has 1 amide bonds. The fraction of sp³-hybridized carbons (Fsp3) is 0.529. The monoisotopic (exact) mass is 407 g/mol. The van der Waals surface area contributed by atoms with Crippen molar-refractivity contribution in [2.75, 3.05) is 50.9 Å². The highest BCUT2D eigenvalue weighted by Gasteiger charge is 2.25. The van der Waals surface area contributed by atoms with Crippen LogP contribution in [0.4, 0.5) is 5.82 Å². The molecule has 0 saturated carbocycles. The lowest BCUT2D eigenvalue weighted by Crippen LogP contribution is -2.51. The third-order valence-electron chi connectivity index (χ3n) is 4.74. The van der Waals surface area contributed by atoms with Crippen molar-refractivity contribution in [3.8, 4) is 5.82 Å². The lowest BCUT2D eigenvalue weighted by molar-refractivity contribution is -0.131. The number of carbonyl (C=O) groups excluding carboxylic acids is 1. The van der Waals surface area contributed by atoms with Gasteiger partial charge in [0.05, 0.1) is 18.5 Å². The molecule has 11 heteroatoms. The van der Waals surface area contributed by atoms with Gasteiger partial charge in [0, 0.05) is 38.9 Å². The van der Waals surface area contributed by atoms with Crippen LogP contribution in [0.5, 0.6) is 0 Å². The molecule has 2 aromatic rings. The topological polar surface area (TPSA) is 105 Å². The highest BCUT2D eigenvalue weighted by molar-refractivity contribution is 7.88. The number of carbonyl (C=O) groups is 1. The van der Waals surface area contributed by atoms with E-state index in [0.717, 1.165) is 27.8 Å². The lowest BCUT2D eigenvalue weighted by Gasteiger charge is -2.35. The van der Waals surface area contributed by atoms with E-state index in [-0.39, 0.29) is 12.5 Å². The van der Waals surface area contributed by atoms with Crippen molar-refractivity contribution in [1.29, 1.82) is 0 Å². The maximum absolute atomic E-state index is 12.3. The van der Waals surface area contributed by atoms with E-state index in [2.05, 4.69) is 20.2 Å². The van der Waals surface area contributed by atoms with Crippen LogP contribution in [0.3, 0.4) is 0 Å². The Hall–Kier alpha value is -2.53. The second kappa shape index (κ2) is 7.84. The molecule has 0 unspecified atom stereocenters. The van der Waals surface area contributed by atoms with Gasteiger partial charge in [-0.1, -0.05) is 0 Å². The molecule has 0 aliphatic carbocycles. The molecule has 3 rings (SSSR count). The van der Waals surface area contributed by atoms with Gasteiger partial charge in [-0.3, -0.25) is 4.79 Å². The molecule has 3 heterocycles. The van der Waals surface area contributed by atoms with Gasteiger partial charge in [0.2, 0.25) is 15.9 Å². The fourth-order valence-corrected chi connectivity index (χ4v) is 3.40. The van der Waals surface area contributed by atoms with Crippen molar-refractivity contribution in [3.63, 3.8) is 0 Å². The van der Waals surface area contributed by atoms with Gasteiger partial charge in [-0.05, 0) is 32.0 Å². The van der Waals surface area contributed by atoms with Crippen LogP contribution < -0.4 is 4.90 Å². The summed E-state index contributed by atoms with van der Waals surface area (Å²) in [7, 11) is -1.96. The smallest absolute Gasteiger partial charge is 0.238 e. The number of anilines is 1. The Kier molecular flexibility index (Phi) is 5.66. The quantitative estimate of drug-likeness (QED) is 0.677. The van der Waals surface area contributed by atoms with Gasteiger partial charge in [0.25, 0.3) is 0 Å². The predicted molar refractivity (Wildman–Crippen MR) is 105 cm³/mol. The average Bonchev–Trinajstić information content (AvgIpc) is 2.99. The minimum Gasteiger partial charge on any atom is -0.352 e. The highest BCUT2D eigenvalue weighted by Crippen LogP contribution is 2.15. The second-order valence-corrected chi connectivity index (χ2v) is 9.06. The summed E-state index contributed by atoms with van der Waals surface area (Å²) in [6.07, 6.45) is 1.09. The van der Waals surface area contributed by atoms with E-state index >= 15 is 0 Å². The molecule has 1 aliphatic rings. The fourth-order valence-electron chi connectivity index (χ4n) is 3.05. The Labute approximate surface area is 164 Å². The minimum absolute atomic E-state index is 0.143. The molecule has 0 spiro atoms. The average molecular weight is 408 g/mol. The van der Waals surface area contributed by atoms with Crippen molar-refractivity contribution in [2.45, 2.75) is 13.8 Å². The van der Waals surface area contributed by atoms with E-state index in [9.17, 15) is 13.2 Å². The zero-order chi connectivity index (χ0) is 20.5. The van der Waals surface area contributed by atoms with Gasteiger partial charge in [0.1, 0.15) is 0 Å². The predicted octanol–water partition coefficient (Wildman–Crippen LogP) is -0.181. The Balaban J connectivity index is 1.59. The number of hydrogen-bond donors (Lipinski definition) is 0. The van der Waals surface area contributed by atoms with Crippen LogP contribution in [0.2, 0.25) is 0 Å². The molecule has 10 nitrogen and oxygen atoms in total. The maximum atomic E-state index is 12.3. The standard InChI is InChI=1S/C17H25N7O3S/c1-13-11-14(2)24(20-13)16-6-5-15(18-19-16)22-7-9-23(10-8-22)17(25)12-21(3)28(4,26)27/h5-6,11H,7-10,12H2,1-4H3. The first-order valence-electron chi connectivity index (χ1n) is 8.96. The summed E-state index contributed by atoms with van der Waals surface area (Å²) in [6.45, 7) is 6.00. The number of likely N-dealkylation sites (N-methyl/N-ethyl adjacent to an activating group) is 1.